The average Bonchev–Trinajstić information content (AvgIpc) is 2.45. The van der Waals surface area contributed by atoms with Crippen molar-refractivity contribution in [1.82, 2.24) is 5.32 Å². The second-order valence-electron chi connectivity index (χ2n) is 3.00. The lowest BCUT2D eigenvalue weighted by molar-refractivity contribution is 0.0983. The molecule has 0 spiro atoms. The topological polar surface area (TPSA) is 21.3 Å². The van der Waals surface area contributed by atoms with Crippen LogP contribution in [0.25, 0.3) is 0 Å². The summed E-state index contributed by atoms with van der Waals surface area (Å²) in [7, 11) is 2.02. The van der Waals surface area contributed by atoms with Crippen LogP contribution < -0.4 is 5.32 Å². The number of hydrogen-bond donors (Lipinski definition) is 1. The van der Waals surface area contributed by atoms with Gasteiger partial charge < -0.3 is 10.1 Å². The molecular formula is C7H13NO. The number of rotatable bonds is 1. The highest BCUT2D eigenvalue weighted by molar-refractivity contribution is 4.92. The second-order valence-corrected chi connectivity index (χ2v) is 3.00. The maximum atomic E-state index is 5.61. The Hall–Kier alpha value is -0.0800. The fourth-order valence-electron chi connectivity index (χ4n) is 1.94. The quantitative estimate of drug-likeness (QED) is 0.554. The van der Waals surface area contributed by atoms with E-state index in [1.165, 1.54) is 19.3 Å². The van der Waals surface area contributed by atoms with Gasteiger partial charge in [0, 0.05) is 6.04 Å². The molecule has 2 saturated heterocycles. The van der Waals surface area contributed by atoms with Crippen LogP contribution >= 0.6 is 0 Å². The highest BCUT2D eigenvalue weighted by atomic mass is 16.5. The third kappa shape index (κ3) is 0.775. The van der Waals surface area contributed by atoms with Gasteiger partial charge in [0.05, 0.1) is 12.2 Å². The summed E-state index contributed by atoms with van der Waals surface area (Å²) in [5.41, 5.74) is 0. The number of fused-ring (bicyclic) bond motifs is 2. The molecule has 2 rings (SSSR count). The molecule has 0 aromatic carbocycles. The van der Waals surface area contributed by atoms with E-state index in [-0.39, 0.29) is 0 Å². The monoisotopic (exact) mass is 127 g/mol. The second kappa shape index (κ2) is 1.96. The summed E-state index contributed by atoms with van der Waals surface area (Å²) < 4.78 is 5.61. The lowest BCUT2D eigenvalue weighted by atomic mass is 9.96. The van der Waals surface area contributed by atoms with Crippen molar-refractivity contribution >= 4 is 0 Å². The van der Waals surface area contributed by atoms with E-state index in [9.17, 15) is 0 Å². The maximum absolute atomic E-state index is 5.61. The van der Waals surface area contributed by atoms with Crippen molar-refractivity contribution in [3.05, 3.63) is 0 Å². The van der Waals surface area contributed by atoms with Gasteiger partial charge in [-0.3, -0.25) is 0 Å². The summed E-state index contributed by atoms with van der Waals surface area (Å²) in [6.45, 7) is 0. The predicted molar refractivity (Wildman–Crippen MR) is 35.4 cm³/mol. The Morgan fingerprint density at radius 2 is 2.33 bits per heavy atom. The summed E-state index contributed by atoms with van der Waals surface area (Å²) in [5.74, 6) is 0. The number of likely N-dealkylation sites (N-methyl/N-ethyl adjacent to an activating group) is 1. The van der Waals surface area contributed by atoms with Crippen LogP contribution in [0.5, 0.6) is 0 Å². The first-order valence-electron chi connectivity index (χ1n) is 3.73. The van der Waals surface area contributed by atoms with Crippen LogP contribution in [-0.2, 0) is 4.74 Å². The molecule has 2 nitrogen and oxygen atoms in total. The highest BCUT2D eigenvalue weighted by Gasteiger charge is 2.39. The molecule has 2 fully saturated rings. The van der Waals surface area contributed by atoms with E-state index in [2.05, 4.69) is 5.32 Å². The van der Waals surface area contributed by atoms with E-state index in [1.807, 2.05) is 7.05 Å². The lowest BCUT2D eigenvalue weighted by Crippen LogP contribution is -2.34. The van der Waals surface area contributed by atoms with Crippen LogP contribution in [0.1, 0.15) is 19.3 Å². The van der Waals surface area contributed by atoms with Gasteiger partial charge in [-0.1, -0.05) is 0 Å². The number of hydrogen-bond acceptors (Lipinski definition) is 2. The Morgan fingerprint density at radius 3 is 2.67 bits per heavy atom. The summed E-state index contributed by atoms with van der Waals surface area (Å²) in [4.78, 5) is 0. The molecule has 2 bridgehead atoms. The van der Waals surface area contributed by atoms with Gasteiger partial charge >= 0.3 is 0 Å². The van der Waals surface area contributed by atoms with Crippen molar-refractivity contribution in [2.24, 2.45) is 0 Å². The Bertz CT molecular complexity index is 115. The van der Waals surface area contributed by atoms with Crippen LogP contribution in [0.4, 0.5) is 0 Å². The minimum absolute atomic E-state index is 0.542. The van der Waals surface area contributed by atoms with Gasteiger partial charge in [0.1, 0.15) is 0 Å². The Morgan fingerprint density at radius 1 is 1.44 bits per heavy atom. The van der Waals surface area contributed by atoms with Gasteiger partial charge in [0.2, 0.25) is 0 Å². The molecule has 3 unspecified atom stereocenters. The van der Waals surface area contributed by atoms with Crippen molar-refractivity contribution in [3.63, 3.8) is 0 Å². The van der Waals surface area contributed by atoms with Gasteiger partial charge in [-0.05, 0) is 26.3 Å². The zero-order chi connectivity index (χ0) is 6.27. The van der Waals surface area contributed by atoms with Gasteiger partial charge in [-0.15, -0.1) is 0 Å². The van der Waals surface area contributed by atoms with E-state index < -0.39 is 0 Å². The number of ether oxygens (including phenoxy) is 1. The molecule has 2 heterocycles. The van der Waals surface area contributed by atoms with E-state index in [0.717, 1.165) is 0 Å². The molecule has 9 heavy (non-hydrogen) atoms. The molecule has 0 aromatic heterocycles. The first-order chi connectivity index (χ1) is 4.40. The van der Waals surface area contributed by atoms with Crippen LogP contribution in [0.3, 0.4) is 0 Å². The average molecular weight is 127 g/mol. The molecule has 52 valence electrons. The van der Waals surface area contributed by atoms with E-state index in [1.54, 1.807) is 0 Å². The molecule has 2 aliphatic rings. The van der Waals surface area contributed by atoms with E-state index >= 15 is 0 Å². The third-order valence-electron chi connectivity index (χ3n) is 2.48. The van der Waals surface area contributed by atoms with Crippen LogP contribution in [0.2, 0.25) is 0 Å². The zero-order valence-corrected chi connectivity index (χ0v) is 5.76. The molecule has 1 N–H and O–H groups in total. The van der Waals surface area contributed by atoms with Crippen molar-refractivity contribution < 1.29 is 4.74 Å². The van der Waals surface area contributed by atoms with Crippen molar-refractivity contribution in [2.45, 2.75) is 37.5 Å². The fourth-order valence-corrected chi connectivity index (χ4v) is 1.94. The molecular weight excluding hydrogens is 114 g/mol. The van der Waals surface area contributed by atoms with E-state index in [4.69, 9.17) is 4.74 Å². The first-order valence-corrected chi connectivity index (χ1v) is 3.73. The molecule has 0 aromatic rings. The first kappa shape index (κ1) is 5.69. The largest absolute Gasteiger partial charge is 0.373 e. The van der Waals surface area contributed by atoms with E-state index in [0.29, 0.717) is 18.2 Å². The van der Waals surface area contributed by atoms with Crippen LogP contribution in [0.15, 0.2) is 0 Å². The summed E-state index contributed by atoms with van der Waals surface area (Å²) in [5, 5.41) is 3.27. The summed E-state index contributed by atoms with van der Waals surface area (Å²) >= 11 is 0. The Balaban J connectivity index is 2.01. The Kier molecular flexibility index (Phi) is 1.24. The Labute approximate surface area is 55.6 Å². The lowest BCUT2D eigenvalue weighted by Gasteiger charge is -2.16. The highest BCUT2D eigenvalue weighted by Crippen LogP contribution is 2.33. The normalized spacial score (nSPS) is 48.3. The molecule has 2 aliphatic heterocycles. The molecule has 0 aliphatic carbocycles. The van der Waals surface area contributed by atoms with Gasteiger partial charge in [0.15, 0.2) is 0 Å². The minimum atomic E-state index is 0.542. The smallest absolute Gasteiger partial charge is 0.0733 e. The maximum Gasteiger partial charge on any atom is 0.0733 e. The van der Waals surface area contributed by atoms with Crippen LogP contribution in [-0.4, -0.2) is 25.3 Å². The molecule has 3 atom stereocenters. The molecule has 0 amide bonds. The van der Waals surface area contributed by atoms with Crippen molar-refractivity contribution in [1.29, 1.82) is 0 Å². The third-order valence-corrected chi connectivity index (χ3v) is 2.48. The zero-order valence-electron chi connectivity index (χ0n) is 5.76. The standard InChI is InChI=1S/C7H13NO/c1-8-6-4-5-2-3-7(6)9-5/h5-8H,2-4H2,1H3. The minimum Gasteiger partial charge on any atom is -0.373 e. The fraction of sp³-hybridized carbons (Fsp3) is 1.00. The van der Waals surface area contributed by atoms with Crippen molar-refractivity contribution in [2.75, 3.05) is 7.05 Å². The van der Waals surface area contributed by atoms with Crippen LogP contribution in [0, 0.1) is 0 Å². The van der Waals surface area contributed by atoms with Crippen molar-refractivity contribution in [3.8, 4) is 0 Å². The summed E-state index contributed by atoms with van der Waals surface area (Å²) in [6, 6.07) is 0.656. The molecule has 2 heteroatoms. The SMILES string of the molecule is CNC1CC2CCC1O2. The number of nitrogens with one attached hydrogen (secondary N) is 1. The summed E-state index contributed by atoms with van der Waals surface area (Å²) in [6.07, 6.45) is 4.94. The van der Waals surface area contributed by atoms with Gasteiger partial charge in [0.25, 0.3) is 0 Å². The molecule has 0 saturated carbocycles. The van der Waals surface area contributed by atoms with Gasteiger partial charge in [-0.2, -0.15) is 0 Å². The molecule has 0 radical (unpaired) electrons. The predicted octanol–water partition coefficient (Wildman–Crippen LogP) is 0.526. The van der Waals surface area contributed by atoms with Gasteiger partial charge in [-0.25, -0.2) is 0 Å².